The summed E-state index contributed by atoms with van der Waals surface area (Å²) in [6.45, 7) is 6.71. The van der Waals surface area contributed by atoms with Gasteiger partial charge in [-0.05, 0) is 55.6 Å². The van der Waals surface area contributed by atoms with Crippen molar-refractivity contribution >= 4 is 5.96 Å². The minimum Gasteiger partial charge on any atom is -0.487 e. The first kappa shape index (κ1) is 22.1. The van der Waals surface area contributed by atoms with Gasteiger partial charge in [0, 0.05) is 38.9 Å². The standard InChI is InChI=1S/C24H35N5O/c1-3-22-9-5-7-16-29(22)17-15-27-24(25-2)28-18-20-10-12-23(13-11-20)30-19-21-8-4-6-14-26-21/h4,6,8,10-14,22H,3,5,7,9,15-19H2,1-2H3,(H2,25,27,28). The van der Waals surface area contributed by atoms with Crippen molar-refractivity contribution in [3.63, 3.8) is 0 Å². The van der Waals surface area contributed by atoms with Gasteiger partial charge in [0.1, 0.15) is 12.4 Å². The molecule has 1 aromatic heterocycles. The van der Waals surface area contributed by atoms with Gasteiger partial charge in [-0.25, -0.2) is 0 Å². The van der Waals surface area contributed by atoms with Crippen LogP contribution >= 0.6 is 0 Å². The van der Waals surface area contributed by atoms with E-state index in [1.807, 2.05) is 37.4 Å². The molecule has 2 N–H and O–H groups in total. The normalized spacial score (nSPS) is 17.5. The number of benzene rings is 1. The van der Waals surface area contributed by atoms with Gasteiger partial charge >= 0.3 is 0 Å². The Morgan fingerprint density at radius 2 is 2.03 bits per heavy atom. The molecular formula is C24H35N5O. The van der Waals surface area contributed by atoms with Crippen LogP contribution in [0, 0.1) is 0 Å². The Kier molecular flexibility index (Phi) is 8.97. The Morgan fingerprint density at radius 1 is 1.17 bits per heavy atom. The third-order valence-electron chi connectivity index (χ3n) is 5.63. The highest BCUT2D eigenvalue weighted by Gasteiger charge is 2.19. The fraction of sp³-hybridized carbons (Fsp3) is 0.500. The number of aliphatic imine (C=N–C) groups is 1. The molecule has 0 saturated carbocycles. The molecule has 30 heavy (non-hydrogen) atoms. The molecule has 3 rings (SSSR count). The van der Waals surface area contributed by atoms with Crippen LogP contribution in [0.1, 0.15) is 43.9 Å². The number of pyridine rings is 1. The molecule has 1 aliphatic heterocycles. The maximum absolute atomic E-state index is 5.80. The summed E-state index contributed by atoms with van der Waals surface area (Å²) in [7, 11) is 1.82. The van der Waals surface area contributed by atoms with Crippen LogP contribution < -0.4 is 15.4 Å². The summed E-state index contributed by atoms with van der Waals surface area (Å²) in [5.74, 6) is 1.69. The van der Waals surface area contributed by atoms with E-state index >= 15 is 0 Å². The number of piperidine rings is 1. The van der Waals surface area contributed by atoms with Gasteiger partial charge in [-0.1, -0.05) is 31.5 Å². The van der Waals surface area contributed by atoms with Crippen molar-refractivity contribution in [1.82, 2.24) is 20.5 Å². The van der Waals surface area contributed by atoms with Gasteiger partial charge < -0.3 is 15.4 Å². The lowest BCUT2D eigenvalue weighted by Gasteiger charge is -2.35. The maximum Gasteiger partial charge on any atom is 0.191 e. The highest BCUT2D eigenvalue weighted by Crippen LogP contribution is 2.18. The van der Waals surface area contributed by atoms with Crippen LogP contribution in [0.4, 0.5) is 0 Å². The third kappa shape index (κ3) is 7.02. The van der Waals surface area contributed by atoms with Gasteiger partial charge in [-0.3, -0.25) is 14.9 Å². The van der Waals surface area contributed by atoms with Crippen molar-refractivity contribution in [1.29, 1.82) is 0 Å². The maximum atomic E-state index is 5.80. The predicted molar refractivity (Wildman–Crippen MR) is 123 cm³/mol. The molecule has 2 heterocycles. The number of hydrogen-bond acceptors (Lipinski definition) is 4. The van der Waals surface area contributed by atoms with Crippen LogP contribution in [0.25, 0.3) is 0 Å². The molecule has 0 bridgehead atoms. The summed E-state index contributed by atoms with van der Waals surface area (Å²) < 4.78 is 5.80. The zero-order valence-corrected chi connectivity index (χ0v) is 18.3. The van der Waals surface area contributed by atoms with E-state index < -0.39 is 0 Å². The van der Waals surface area contributed by atoms with E-state index in [1.54, 1.807) is 6.20 Å². The number of aromatic nitrogens is 1. The predicted octanol–water partition coefficient (Wildman–Crippen LogP) is 3.59. The second kappa shape index (κ2) is 12.2. The minimum absolute atomic E-state index is 0.477. The van der Waals surface area contributed by atoms with Crippen molar-refractivity contribution < 1.29 is 4.74 Å². The van der Waals surface area contributed by atoms with E-state index in [1.165, 1.54) is 37.8 Å². The molecule has 1 aliphatic rings. The highest BCUT2D eigenvalue weighted by atomic mass is 16.5. The molecule has 0 spiro atoms. The smallest absolute Gasteiger partial charge is 0.191 e. The Balaban J connectivity index is 1.38. The third-order valence-corrected chi connectivity index (χ3v) is 5.63. The summed E-state index contributed by atoms with van der Waals surface area (Å²) in [5.41, 5.74) is 2.11. The average molecular weight is 410 g/mol. The number of ether oxygens (including phenoxy) is 1. The Labute approximate surface area is 180 Å². The number of nitrogens with one attached hydrogen (secondary N) is 2. The van der Waals surface area contributed by atoms with Crippen molar-refractivity contribution in [3.05, 3.63) is 59.9 Å². The van der Waals surface area contributed by atoms with Crippen molar-refractivity contribution in [3.8, 4) is 5.75 Å². The van der Waals surface area contributed by atoms with Crippen molar-refractivity contribution in [2.45, 2.75) is 51.8 Å². The van der Waals surface area contributed by atoms with Gasteiger partial charge in [0.2, 0.25) is 0 Å². The molecule has 0 radical (unpaired) electrons. The van der Waals surface area contributed by atoms with Gasteiger partial charge in [-0.15, -0.1) is 0 Å². The molecule has 0 aliphatic carbocycles. The molecule has 1 fully saturated rings. The van der Waals surface area contributed by atoms with E-state index in [-0.39, 0.29) is 0 Å². The number of rotatable bonds is 9. The average Bonchev–Trinajstić information content (AvgIpc) is 2.81. The topological polar surface area (TPSA) is 61.8 Å². The summed E-state index contributed by atoms with van der Waals surface area (Å²) in [4.78, 5) is 11.2. The van der Waals surface area contributed by atoms with Crippen LogP contribution in [-0.4, -0.2) is 48.6 Å². The number of nitrogens with zero attached hydrogens (tertiary/aromatic N) is 3. The van der Waals surface area contributed by atoms with Crippen molar-refractivity contribution in [2.24, 2.45) is 4.99 Å². The number of hydrogen-bond donors (Lipinski definition) is 2. The molecule has 1 unspecified atom stereocenters. The Morgan fingerprint density at radius 3 is 2.77 bits per heavy atom. The summed E-state index contributed by atoms with van der Waals surface area (Å²) >= 11 is 0. The fourth-order valence-corrected chi connectivity index (χ4v) is 3.89. The Bertz CT molecular complexity index is 763. The number of guanidine groups is 1. The summed E-state index contributed by atoms with van der Waals surface area (Å²) in [6.07, 6.45) is 7.06. The van der Waals surface area contributed by atoms with Crippen molar-refractivity contribution in [2.75, 3.05) is 26.7 Å². The molecule has 0 amide bonds. The lowest BCUT2D eigenvalue weighted by molar-refractivity contribution is 0.147. The Hall–Kier alpha value is -2.60. The molecule has 1 saturated heterocycles. The van der Waals surface area contributed by atoms with E-state index in [0.717, 1.165) is 43.1 Å². The van der Waals surface area contributed by atoms with Gasteiger partial charge in [0.25, 0.3) is 0 Å². The van der Waals surface area contributed by atoms with Gasteiger partial charge in [0.05, 0.1) is 5.69 Å². The van der Waals surface area contributed by atoms with E-state index in [2.05, 4.69) is 44.6 Å². The van der Waals surface area contributed by atoms with Crippen LogP contribution in [-0.2, 0) is 13.2 Å². The first-order valence-electron chi connectivity index (χ1n) is 11.1. The molecule has 6 nitrogen and oxygen atoms in total. The molecule has 1 aromatic carbocycles. The summed E-state index contributed by atoms with van der Waals surface area (Å²) in [5, 5.41) is 6.84. The monoisotopic (exact) mass is 409 g/mol. The second-order valence-corrected chi connectivity index (χ2v) is 7.70. The number of likely N-dealkylation sites (tertiary alicyclic amines) is 1. The van der Waals surface area contributed by atoms with Crippen LogP contribution in [0.3, 0.4) is 0 Å². The molecule has 162 valence electrons. The van der Waals surface area contributed by atoms with Crippen LogP contribution in [0.5, 0.6) is 5.75 Å². The first-order chi connectivity index (χ1) is 14.8. The highest BCUT2D eigenvalue weighted by molar-refractivity contribution is 5.79. The molecular weight excluding hydrogens is 374 g/mol. The zero-order valence-electron chi connectivity index (χ0n) is 18.3. The molecule has 6 heteroatoms. The minimum atomic E-state index is 0.477. The van der Waals surface area contributed by atoms with Crippen LogP contribution in [0.2, 0.25) is 0 Å². The zero-order chi connectivity index (χ0) is 21.0. The van der Waals surface area contributed by atoms with Crippen LogP contribution in [0.15, 0.2) is 53.7 Å². The van der Waals surface area contributed by atoms with Gasteiger partial charge in [-0.2, -0.15) is 0 Å². The lowest BCUT2D eigenvalue weighted by atomic mass is 10.0. The van der Waals surface area contributed by atoms with Gasteiger partial charge in [0.15, 0.2) is 5.96 Å². The SMILES string of the molecule is CCC1CCCCN1CCNC(=NC)NCc1ccc(OCc2ccccn2)cc1. The first-order valence-corrected chi connectivity index (χ1v) is 11.1. The fourth-order valence-electron chi connectivity index (χ4n) is 3.89. The molecule has 1 atom stereocenters. The van der Waals surface area contributed by atoms with E-state index in [0.29, 0.717) is 6.61 Å². The quantitative estimate of drug-likeness (QED) is 0.490. The van der Waals surface area contributed by atoms with E-state index in [9.17, 15) is 0 Å². The molecule has 2 aromatic rings. The summed E-state index contributed by atoms with van der Waals surface area (Å²) in [6, 6.07) is 14.7. The lowest BCUT2D eigenvalue weighted by Crippen LogP contribution is -2.45. The largest absolute Gasteiger partial charge is 0.487 e. The second-order valence-electron chi connectivity index (χ2n) is 7.70. The van der Waals surface area contributed by atoms with E-state index in [4.69, 9.17) is 4.74 Å².